The van der Waals surface area contributed by atoms with Crippen molar-refractivity contribution in [3.63, 3.8) is 0 Å². The first kappa shape index (κ1) is 9.98. The maximum Gasteiger partial charge on any atom is 0.356 e. The van der Waals surface area contributed by atoms with Gasteiger partial charge >= 0.3 is 5.97 Å². The number of halogens is 1. The van der Waals surface area contributed by atoms with E-state index in [2.05, 4.69) is 10.2 Å². The zero-order valence-corrected chi connectivity index (χ0v) is 8.53. The van der Waals surface area contributed by atoms with E-state index in [-0.39, 0.29) is 5.69 Å². The molecule has 0 amide bonds. The Morgan fingerprint density at radius 2 is 2.40 bits per heavy atom. The highest BCUT2D eigenvalue weighted by Crippen LogP contribution is 2.35. The zero-order chi connectivity index (χ0) is 10.9. The van der Waals surface area contributed by atoms with E-state index < -0.39 is 10.8 Å². The predicted molar refractivity (Wildman–Crippen MR) is 56.0 cm³/mol. The fourth-order valence-electron chi connectivity index (χ4n) is 1.44. The molecule has 1 aromatic heterocycles. The van der Waals surface area contributed by atoms with Gasteiger partial charge in [-0.1, -0.05) is 24.3 Å². The predicted octanol–water partition coefficient (Wildman–Crippen LogP) is 2.06. The van der Waals surface area contributed by atoms with Crippen molar-refractivity contribution in [2.24, 2.45) is 0 Å². The molecule has 5 heteroatoms. The second-order valence-corrected chi connectivity index (χ2v) is 4.00. The number of H-pyrrole nitrogens is 1. The number of nitrogens with one attached hydrogen (secondary N) is 1. The summed E-state index contributed by atoms with van der Waals surface area (Å²) in [7, 11) is 0. The molecule has 0 spiro atoms. The van der Waals surface area contributed by atoms with Crippen LogP contribution in [0.3, 0.4) is 0 Å². The molecule has 0 bridgehead atoms. The highest BCUT2D eigenvalue weighted by atomic mass is 35.5. The molecule has 1 aliphatic carbocycles. The summed E-state index contributed by atoms with van der Waals surface area (Å²) in [5, 5.41) is 15.0. The fourth-order valence-corrected chi connectivity index (χ4v) is 1.70. The number of aromatic carboxylic acids is 1. The van der Waals surface area contributed by atoms with Crippen LogP contribution in [0.1, 0.15) is 22.6 Å². The average molecular weight is 225 g/mol. The smallest absolute Gasteiger partial charge is 0.356 e. The van der Waals surface area contributed by atoms with Crippen molar-refractivity contribution in [2.75, 3.05) is 0 Å². The summed E-state index contributed by atoms with van der Waals surface area (Å²) in [6, 6.07) is 1.46. The number of hydrogen-bond acceptors (Lipinski definition) is 2. The third-order valence-corrected chi connectivity index (χ3v) is 2.75. The van der Waals surface area contributed by atoms with E-state index in [1.807, 2.05) is 24.3 Å². The Labute approximate surface area is 91.3 Å². The number of carbonyl (C=O) groups is 1. The maximum atomic E-state index is 10.6. The summed E-state index contributed by atoms with van der Waals surface area (Å²) in [6.07, 6.45) is 8.08. The van der Waals surface area contributed by atoms with Gasteiger partial charge < -0.3 is 5.11 Å². The molecule has 0 aliphatic heterocycles. The molecule has 0 saturated heterocycles. The van der Waals surface area contributed by atoms with E-state index in [0.29, 0.717) is 12.1 Å². The van der Waals surface area contributed by atoms with Crippen molar-refractivity contribution in [1.29, 1.82) is 0 Å². The van der Waals surface area contributed by atoms with Crippen LogP contribution in [0.15, 0.2) is 30.4 Å². The molecule has 0 aromatic carbocycles. The van der Waals surface area contributed by atoms with E-state index in [1.165, 1.54) is 6.07 Å². The first-order valence-corrected chi connectivity index (χ1v) is 4.82. The van der Waals surface area contributed by atoms with E-state index in [1.54, 1.807) is 0 Å². The van der Waals surface area contributed by atoms with Crippen LogP contribution in [0.4, 0.5) is 0 Å². The fraction of sp³-hybridized carbons (Fsp3) is 0.200. The molecule has 1 heterocycles. The normalized spacial score (nSPS) is 24.3. The lowest BCUT2D eigenvalue weighted by Crippen LogP contribution is -2.16. The Hall–Kier alpha value is -1.55. The molecule has 2 N–H and O–H groups in total. The number of allylic oxidation sites excluding steroid dienone is 4. The van der Waals surface area contributed by atoms with Gasteiger partial charge in [0.15, 0.2) is 5.69 Å². The van der Waals surface area contributed by atoms with E-state index in [0.717, 1.165) is 0 Å². The van der Waals surface area contributed by atoms with Crippen LogP contribution < -0.4 is 0 Å². The van der Waals surface area contributed by atoms with Gasteiger partial charge in [0.05, 0.1) is 5.69 Å². The molecule has 0 saturated carbocycles. The van der Waals surface area contributed by atoms with Gasteiger partial charge in [0.2, 0.25) is 0 Å². The van der Waals surface area contributed by atoms with Gasteiger partial charge in [-0.3, -0.25) is 5.10 Å². The number of alkyl halides is 1. The van der Waals surface area contributed by atoms with Gasteiger partial charge in [-0.05, 0) is 12.5 Å². The molecule has 1 atom stereocenters. The molecule has 1 aromatic rings. The third-order valence-electron chi connectivity index (χ3n) is 2.27. The highest BCUT2D eigenvalue weighted by molar-refractivity contribution is 6.25. The third kappa shape index (κ3) is 1.80. The van der Waals surface area contributed by atoms with Crippen LogP contribution in [-0.2, 0) is 4.87 Å². The largest absolute Gasteiger partial charge is 0.476 e. The number of hydrogen-bond donors (Lipinski definition) is 2. The molecule has 1 aliphatic rings. The summed E-state index contributed by atoms with van der Waals surface area (Å²) in [5.41, 5.74) is 0.579. The molecule has 4 nitrogen and oxygen atoms in total. The SMILES string of the molecule is O=C(O)c1cc(C2(Cl)C=CC=CC2)[nH]n1. The number of rotatable bonds is 2. The monoisotopic (exact) mass is 224 g/mol. The zero-order valence-electron chi connectivity index (χ0n) is 7.77. The van der Waals surface area contributed by atoms with Crippen LogP contribution in [0.5, 0.6) is 0 Å². The van der Waals surface area contributed by atoms with Crippen LogP contribution in [0, 0.1) is 0 Å². The second kappa shape index (κ2) is 3.55. The molecule has 15 heavy (non-hydrogen) atoms. The van der Waals surface area contributed by atoms with Gasteiger partial charge in [0.25, 0.3) is 0 Å². The Kier molecular flexibility index (Phi) is 2.36. The maximum absolute atomic E-state index is 10.6. The quantitative estimate of drug-likeness (QED) is 0.756. The van der Waals surface area contributed by atoms with Crippen LogP contribution in [0.25, 0.3) is 0 Å². The Balaban J connectivity index is 2.33. The molecular formula is C10H9ClN2O2. The second-order valence-electron chi connectivity index (χ2n) is 3.33. The van der Waals surface area contributed by atoms with Gasteiger partial charge in [-0.25, -0.2) is 4.79 Å². The molecule has 78 valence electrons. The van der Waals surface area contributed by atoms with Crippen molar-refractivity contribution in [3.8, 4) is 0 Å². The minimum Gasteiger partial charge on any atom is -0.476 e. The summed E-state index contributed by atoms with van der Waals surface area (Å²) in [5.74, 6) is -1.06. The first-order valence-electron chi connectivity index (χ1n) is 4.44. The first-order chi connectivity index (χ1) is 7.12. The van der Waals surface area contributed by atoms with Crippen LogP contribution >= 0.6 is 11.6 Å². The molecular weight excluding hydrogens is 216 g/mol. The van der Waals surface area contributed by atoms with E-state index >= 15 is 0 Å². The Bertz CT molecular complexity index is 450. The molecule has 2 rings (SSSR count). The van der Waals surface area contributed by atoms with Crippen molar-refractivity contribution < 1.29 is 9.90 Å². The van der Waals surface area contributed by atoms with Gasteiger partial charge in [-0.15, -0.1) is 11.6 Å². The van der Waals surface area contributed by atoms with E-state index in [9.17, 15) is 4.79 Å². The minimum atomic E-state index is -1.06. The lowest BCUT2D eigenvalue weighted by Gasteiger charge is -2.21. The number of aromatic nitrogens is 2. The summed E-state index contributed by atoms with van der Waals surface area (Å²) >= 11 is 6.32. The van der Waals surface area contributed by atoms with Crippen molar-refractivity contribution >= 4 is 17.6 Å². The van der Waals surface area contributed by atoms with Crippen molar-refractivity contribution in [3.05, 3.63) is 41.8 Å². The van der Waals surface area contributed by atoms with Crippen molar-refractivity contribution in [2.45, 2.75) is 11.3 Å². The Morgan fingerprint density at radius 1 is 1.60 bits per heavy atom. The lowest BCUT2D eigenvalue weighted by atomic mass is 9.96. The number of carboxylic acids is 1. The standard InChI is InChI=1S/C10H9ClN2O2/c11-10(4-2-1-3-5-10)8-6-7(9(14)15)12-13-8/h1-4,6H,5H2,(H,12,13)(H,14,15). The lowest BCUT2D eigenvalue weighted by molar-refractivity contribution is 0.0690. The number of carboxylic acid groups (broad SMARTS) is 1. The molecule has 0 radical (unpaired) electrons. The van der Waals surface area contributed by atoms with Gasteiger partial charge in [0, 0.05) is 0 Å². The Morgan fingerprint density at radius 3 is 2.93 bits per heavy atom. The minimum absolute atomic E-state index is 0.0204. The molecule has 1 unspecified atom stereocenters. The molecule has 0 fully saturated rings. The number of nitrogens with zero attached hydrogens (tertiary/aromatic N) is 1. The van der Waals surface area contributed by atoms with Crippen LogP contribution in [0.2, 0.25) is 0 Å². The summed E-state index contributed by atoms with van der Waals surface area (Å²) < 4.78 is 0. The van der Waals surface area contributed by atoms with E-state index in [4.69, 9.17) is 16.7 Å². The summed E-state index contributed by atoms with van der Waals surface area (Å²) in [6.45, 7) is 0. The summed E-state index contributed by atoms with van der Waals surface area (Å²) in [4.78, 5) is 9.94. The highest BCUT2D eigenvalue weighted by Gasteiger charge is 2.29. The van der Waals surface area contributed by atoms with Gasteiger partial charge in [0.1, 0.15) is 4.87 Å². The number of aromatic amines is 1. The van der Waals surface area contributed by atoms with Crippen LogP contribution in [-0.4, -0.2) is 21.3 Å². The topological polar surface area (TPSA) is 66.0 Å². The van der Waals surface area contributed by atoms with Gasteiger partial charge in [-0.2, -0.15) is 5.10 Å². The van der Waals surface area contributed by atoms with Crippen molar-refractivity contribution in [1.82, 2.24) is 10.2 Å². The average Bonchev–Trinajstić information content (AvgIpc) is 2.68.